The molecule has 1 saturated heterocycles. The number of ether oxygens (including phenoxy) is 1. The number of fused-ring (bicyclic) bond motifs is 1. The number of carbonyl (C=O) groups excluding carboxylic acids is 2. The van der Waals surface area contributed by atoms with E-state index in [9.17, 15) is 18.0 Å². The van der Waals surface area contributed by atoms with E-state index < -0.39 is 21.7 Å². The van der Waals surface area contributed by atoms with Gasteiger partial charge in [-0.1, -0.05) is 12.1 Å². The highest BCUT2D eigenvalue weighted by Gasteiger charge is 2.30. The van der Waals surface area contributed by atoms with Crippen molar-refractivity contribution in [3.63, 3.8) is 0 Å². The smallest absolute Gasteiger partial charge is 0.410 e. The molecule has 0 saturated carbocycles. The van der Waals surface area contributed by atoms with Crippen molar-refractivity contribution in [3.8, 4) is 0 Å². The summed E-state index contributed by atoms with van der Waals surface area (Å²) in [5.41, 5.74) is 0.106. The molecular formula is C23H25Br2N3O5S2. The third-order valence-corrected chi connectivity index (χ3v) is 9.86. The molecule has 1 fully saturated rings. The highest BCUT2D eigenvalue weighted by atomic mass is 79.9. The van der Waals surface area contributed by atoms with E-state index in [0.29, 0.717) is 57.3 Å². The van der Waals surface area contributed by atoms with Gasteiger partial charge in [0.25, 0.3) is 15.9 Å². The van der Waals surface area contributed by atoms with Crippen molar-refractivity contribution in [3.05, 3.63) is 50.4 Å². The van der Waals surface area contributed by atoms with Crippen LogP contribution in [-0.4, -0.2) is 66.0 Å². The number of thiophene rings is 1. The molecule has 2 aromatic heterocycles. The molecule has 188 valence electrons. The molecular weight excluding hydrogens is 622 g/mol. The number of nitrogens with zero attached hydrogens (tertiary/aromatic N) is 3. The molecule has 0 radical (unpaired) electrons. The first kappa shape index (κ1) is 26.2. The number of amides is 2. The Labute approximate surface area is 225 Å². The van der Waals surface area contributed by atoms with Gasteiger partial charge in [-0.3, -0.25) is 4.79 Å². The Morgan fingerprint density at radius 2 is 1.69 bits per heavy atom. The Hall–Kier alpha value is -1.89. The molecule has 0 N–H and O–H groups in total. The predicted octanol–water partition coefficient (Wildman–Crippen LogP) is 5.55. The summed E-state index contributed by atoms with van der Waals surface area (Å²) in [4.78, 5) is 29.4. The number of benzene rings is 1. The molecule has 35 heavy (non-hydrogen) atoms. The number of rotatable bonds is 3. The lowest BCUT2D eigenvalue weighted by atomic mass is 10.1. The normalized spacial score (nSPS) is 15.3. The molecule has 2 amide bonds. The van der Waals surface area contributed by atoms with Gasteiger partial charge in [0.15, 0.2) is 0 Å². The lowest BCUT2D eigenvalue weighted by Crippen LogP contribution is -2.40. The lowest BCUT2D eigenvalue weighted by molar-refractivity contribution is 0.0255. The van der Waals surface area contributed by atoms with Gasteiger partial charge in [0.2, 0.25) is 0 Å². The molecule has 0 bridgehead atoms. The van der Waals surface area contributed by atoms with Crippen molar-refractivity contribution in [2.45, 2.75) is 37.0 Å². The van der Waals surface area contributed by atoms with Crippen LogP contribution in [0.25, 0.3) is 10.9 Å². The van der Waals surface area contributed by atoms with E-state index in [4.69, 9.17) is 4.74 Å². The highest BCUT2D eigenvalue weighted by molar-refractivity contribution is 9.11. The lowest BCUT2D eigenvalue weighted by Gasteiger charge is -2.26. The molecule has 3 heterocycles. The summed E-state index contributed by atoms with van der Waals surface area (Å²) in [6.45, 7) is 7.03. The summed E-state index contributed by atoms with van der Waals surface area (Å²) < 4.78 is 35.0. The molecule has 4 rings (SSSR count). The summed E-state index contributed by atoms with van der Waals surface area (Å²) in [6.07, 6.45) is 1.59. The number of halogens is 2. The maximum absolute atomic E-state index is 13.6. The Morgan fingerprint density at radius 1 is 1.00 bits per heavy atom. The summed E-state index contributed by atoms with van der Waals surface area (Å²) >= 11 is 7.89. The van der Waals surface area contributed by atoms with Crippen molar-refractivity contribution >= 4 is 76.1 Å². The first-order valence-electron chi connectivity index (χ1n) is 11.0. The Morgan fingerprint density at radius 3 is 2.34 bits per heavy atom. The van der Waals surface area contributed by atoms with Gasteiger partial charge in [-0.25, -0.2) is 8.77 Å². The monoisotopic (exact) mass is 645 g/mol. The average Bonchev–Trinajstić information content (AvgIpc) is 3.30. The van der Waals surface area contributed by atoms with Crippen LogP contribution in [0.2, 0.25) is 0 Å². The molecule has 1 aliphatic heterocycles. The van der Waals surface area contributed by atoms with Crippen LogP contribution in [0.5, 0.6) is 0 Å². The minimum absolute atomic E-state index is 0.166. The average molecular weight is 647 g/mol. The molecule has 3 aromatic rings. The Kier molecular flexibility index (Phi) is 7.38. The molecule has 0 unspecified atom stereocenters. The first-order valence-corrected chi connectivity index (χ1v) is 14.8. The van der Waals surface area contributed by atoms with Crippen molar-refractivity contribution < 1.29 is 22.7 Å². The molecule has 0 aliphatic carbocycles. The van der Waals surface area contributed by atoms with Gasteiger partial charge in [-0.15, -0.1) is 11.3 Å². The van der Waals surface area contributed by atoms with E-state index in [2.05, 4.69) is 31.9 Å². The second-order valence-corrected chi connectivity index (χ2v) is 14.5. The second kappa shape index (κ2) is 9.87. The SMILES string of the molecule is CC(C)(C)OC(=O)N1CCCN(C(=O)c2cn(S(=O)(=O)c3ccc(Br)s3)c3c(Br)cccc23)CC1. The largest absolute Gasteiger partial charge is 0.444 e. The molecule has 0 spiro atoms. The van der Waals surface area contributed by atoms with Crippen molar-refractivity contribution in [2.75, 3.05) is 26.2 Å². The van der Waals surface area contributed by atoms with E-state index in [-0.39, 0.29) is 10.1 Å². The van der Waals surface area contributed by atoms with E-state index in [1.165, 1.54) is 16.2 Å². The fourth-order valence-corrected chi connectivity index (χ4v) is 8.06. The van der Waals surface area contributed by atoms with Gasteiger partial charge in [0, 0.05) is 42.2 Å². The Bertz CT molecular complexity index is 1390. The predicted molar refractivity (Wildman–Crippen MR) is 143 cm³/mol. The second-order valence-electron chi connectivity index (χ2n) is 9.15. The quantitative estimate of drug-likeness (QED) is 0.372. The number of hydrogen-bond acceptors (Lipinski definition) is 6. The summed E-state index contributed by atoms with van der Waals surface area (Å²) in [5, 5.41) is 0.539. The van der Waals surface area contributed by atoms with Gasteiger partial charge < -0.3 is 14.5 Å². The molecule has 1 aliphatic rings. The zero-order valence-corrected chi connectivity index (χ0v) is 24.3. The molecule has 8 nitrogen and oxygen atoms in total. The van der Waals surface area contributed by atoms with Gasteiger partial charge in [-0.05, 0) is 77.3 Å². The molecule has 12 heteroatoms. The van der Waals surface area contributed by atoms with Crippen LogP contribution in [0, 0.1) is 0 Å². The minimum atomic E-state index is -3.92. The van der Waals surface area contributed by atoms with E-state index in [1.54, 1.807) is 34.1 Å². The fourth-order valence-electron chi connectivity index (χ4n) is 3.90. The van der Waals surface area contributed by atoms with Crippen LogP contribution in [0.15, 0.2) is 49.0 Å². The van der Waals surface area contributed by atoms with Gasteiger partial charge in [0.05, 0.1) is 14.9 Å². The summed E-state index contributed by atoms with van der Waals surface area (Å²) in [7, 11) is -3.92. The number of aromatic nitrogens is 1. The summed E-state index contributed by atoms with van der Waals surface area (Å²) in [5.74, 6) is -0.277. The van der Waals surface area contributed by atoms with Gasteiger partial charge in [0.1, 0.15) is 9.81 Å². The zero-order valence-electron chi connectivity index (χ0n) is 19.5. The zero-order chi connectivity index (χ0) is 25.5. The number of para-hydroxylation sites is 1. The van der Waals surface area contributed by atoms with Crippen LogP contribution in [0.1, 0.15) is 37.6 Å². The van der Waals surface area contributed by atoms with Crippen molar-refractivity contribution in [1.29, 1.82) is 0 Å². The maximum atomic E-state index is 13.6. The van der Waals surface area contributed by atoms with Crippen LogP contribution in [0.4, 0.5) is 4.79 Å². The number of carbonyl (C=O) groups is 2. The standard InChI is InChI=1S/C23H25Br2N3O5S2/c1-23(2,3)33-22(30)27-11-5-10-26(12-13-27)21(29)16-14-28(20-15(16)6-4-7-17(20)24)35(31,32)19-9-8-18(25)34-19/h4,6-9,14H,5,10-13H2,1-3H3. The molecule has 1 aromatic carbocycles. The van der Waals surface area contributed by atoms with Crippen molar-refractivity contribution in [1.82, 2.24) is 13.8 Å². The third-order valence-electron chi connectivity index (χ3n) is 5.47. The van der Waals surface area contributed by atoms with E-state index in [0.717, 1.165) is 11.3 Å². The molecule has 0 atom stereocenters. The van der Waals surface area contributed by atoms with Gasteiger partial charge >= 0.3 is 6.09 Å². The summed E-state index contributed by atoms with van der Waals surface area (Å²) in [6, 6.07) is 8.48. The van der Waals surface area contributed by atoms with Crippen LogP contribution in [0.3, 0.4) is 0 Å². The van der Waals surface area contributed by atoms with Gasteiger partial charge in [-0.2, -0.15) is 8.42 Å². The maximum Gasteiger partial charge on any atom is 0.410 e. The van der Waals surface area contributed by atoms with Crippen molar-refractivity contribution in [2.24, 2.45) is 0 Å². The Balaban J connectivity index is 1.66. The number of hydrogen-bond donors (Lipinski definition) is 0. The van der Waals surface area contributed by atoms with Crippen LogP contribution >= 0.6 is 43.2 Å². The topological polar surface area (TPSA) is 88.9 Å². The van der Waals surface area contributed by atoms with E-state index in [1.807, 2.05) is 20.8 Å². The highest BCUT2D eigenvalue weighted by Crippen LogP contribution is 2.35. The first-order chi connectivity index (χ1) is 16.4. The minimum Gasteiger partial charge on any atom is -0.444 e. The fraction of sp³-hybridized carbons (Fsp3) is 0.391. The van der Waals surface area contributed by atoms with Crippen LogP contribution < -0.4 is 0 Å². The van der Waals surface area contributed by atoms with E-state index >= 15 is 0 Å². The third kappa shape index (κ3) is 5.45. The van der Waals surface area contributed by atoms with Crippen LogP contribution in [-0.2, 0) is 14.8 Å².